The SMILES string of the molecule is CSc1ccc(CN(C)C(=O)CCn2nnc3ccccc3c2=O)cc1. The molecule has 134 valence electrons. The molecule has 6 nitrogen and oxygen atoms in total. The molecular weight excluding hydrogens is 348 g/mol. The van der Waals surface area contributed by atoms with Gasteiger partial charge in [-0.2, -0.15) is 0 Å². The number of fused-ring (bicyclic) bond motifs is 1. The fourth-order valence-electron chi connectivity index (χ4n) is 2.66. The van der Waals surface area contributed by atoms with Crippen LogP contribution < -0.4 is 5.56 Å². The number of amides is 1. The van der Waals surface area contributed by atoms with Crippen LogP contribution in [-0.4, -0.2) is 39.1 Å². The van der Waals surface area contributed by atoms with Gasteiger partial charge in [0.1, 0.15) is 5.52 Å². The molecule has 3 aromatic rings. The third-order valence-electron chi connectivity index (χ3n) is 4.17. The number of rotatable bonds is 6. The van der Waals surface area contributed by atoms with Crippen molar-refractivity contribution in [2.24, 2.45) is 0 Å². The van der Waals surface area contributed by atoms with Crippen molar-refractivity contribution in [3.8, 4) is 0 Å². The fourth-order valence-corrected chi connectivity index (χ4v) is 3.06. The number of carbonyl (C=O) groups is 1. The first-order chi connectivity index (χ1) is 12.6. The van der Waals surface area contributed by atoms with E-state index in [2.05, 4.69) is 10.3 Å². The number of benzene rings is 2. The van der Waals surface area contributed by atoms with E-state index in [4.69, 9.17) is 0 Å². The highest BCUT2D eigenvalue weighted by Gasteiger charge is 2.12. The predicted octanol–water partition coefficient (Wildman–Crippen LogP) is 2.56. The van der Waals surface area contributed by atoms with Gasteiger partial charge in [-0.3, -0.25) is 9.59 Å². The smallest absolute Gasteiger partial charge is 0.277 e. The van der Waals surface area contributed by atoms with Gasteiger partial charge in [-0.25, -0.2) is 4.68 Å². The number of thioether (sulfide) groups is 1. The molecule has 0 saturated carbocycles. The molecule has 1 aromatic heterocycles. The fraction of sp³-hybridized carbons (Fsp3) is 0.263. The molecule has 2 aromatic carbocycles. The number of nitrogens with zero attached hydrogens (tertiary/aromatic N) is 4. The molecule has 0 saturated heterocycles. The first-order valence-corrected chi connectivity index (χ1v) is 9.50. The number of carbonyl (C=O) groups excluding carboxylic acids is 1. The zero-order chi connectivity index (χ0) is 18.5. The Kier molecular flexibility index (Phi) is 5.68. The monoisotopic (exact) mass is 368 g/mol. The topological polar surface area (TPSA) is 68.1 Å². The maximum atomic E-state index is 12.4. The summed E-state index contributed by atoms with van der Waals surface area (Å²) in [7, 11) is 1.76. The zero-order valence-corrected chi connectivity index (χ0v) is 15.6. The molecule has 1 heterocycles. The Hall–Kier alpha value is -2.67. The van der Waals surface area contributed by atoms with Crippen molar-refractivity contribution in [1.82, 2.24) is 19.9 Å². The van der Waals surface area contributed by atoms with Crippen molar-refractivity contribution in [3.05, 3.63) is 64.4 Å². The average Bonchev–Trinajstić information content (AvgIpc) is 2.68. The van der Waals surface area contributed by atoms with E-state index in [1.807, 2.05) is 36.6 Å². The number of hydrogen-bond donors (Lipinski definition) is 0. The molecule has 0 atom stereocenters. The van der Waals surface area contributed by atoms with E-state index in [9.17, 15) is 9.59 Å². The Morgan fingerprint density at radius 1 is 1.15 bits per heavy atom. The van der Waals surface area contributed by atoms with E-state index in [0.717, 1.165) is 5.56 Å². The van der Waals surface area contributed by atoms with Gasteiger partial charge in [0.05, 0.1) is 11.9 Å². The van der Waals surface area contributed by atoms with Crippen LogP contribution in [0, 0.1) is 0 Å². The summed E-state index contributed by atoms with van der Waals surface area (Å²) in [4.78, 5) is 27.6. The van der Waals surface area contributed by atoms with Gasteiger partial charge in [0.25, 0.3) is 5.56 Å². The first-order valence-electron chi connectivity index (χ1n) is 8.28. The van der Waals surface area contributed by atoms with E-state index in [1.54, 1.807) is 41.9 Å². The molecule has 3 rings (SSSR count). The average molecular weight is 368 g/mol. The highest BCUT2D eigenvalue weighted by atomic mass is 32.2. The lowest BCUT2D eigenvalue weighted by atomic mass is 10.2. The molecule has 7 heteroatoms. The van der Waals surface area contributed by atoms with Crippen molar-refractivity contribution in [1.29, 1.82) is 0 Å². The van der Waals surface area contributed by atoms with Crippen LogP contribution in [0.15, 0.2) is 58.2 Å². The van der Waals surface area contributed by atoms with Crippen LogP contribution in [0.4, 0.5) is 0 Å². The third-order valence-corrected chi connectivity index (χ3v) is 4.91. The summed E-state index contributed by atoms with van der Waals surface area (Å²) in [6.45, 7) is 0.747. The van der Waals surface area contributed by atoms with Gasteiger partial charge in [0.15, 0.2) is 0 Å². The Morgan fingerprint density at radius 2 is 1.88 bits per heavy atom. The van der Waals surface area contributed by atoms with E-state index in [-0.39, 0.29) is 24.4 Å². The van der Waals surface area contributed by atoms with Crippen molar-refractivity contribution in [3.63, 3.8) is 0 Å². The summed E-state index contributed by atoms with van der Waals surface area (Å²) in [5, 5.41) is 8.47. The number of aromatic nitrogens is 3. The van der Waals surface area contributed by atoms with Crippen LogP contribution >= 0.6 is 11.8 Å². The Bertz CT molecular complexity index is 969. The highest BCUT2D eigenvalue weighted by Crippen LogP contribution is 2.15. The van der Waals surface area contributed by atoms with Crippen molar-refractivity contribution in [2.45, 2.75) is 24.4 Å². The summed E-state index contributed by atoms with van der Waals surface area (Å²) >= 11 is 1.68. The lowest BCUT2D eigenvalue weighted by molar-refractivity contribution is -0.130. The molecule has 0 unspecified atom stereocenters. The first kappa shape index (κ1) is 18.1. The lowest BCUT2D eigenvalue weighted by Crippen LogP contribution is -2.30. The maximum Gasteiger partial charge on any atom is 0.277 e. The van der Waals surface area contributed by atoms with Crippen LogP contribution in [0.25, 0.3) is 10.9 Å². The van der Waals surface area contributed by atoms with Gasteiger partial charge in [-0.15, -0.1) is 16.9 Å². The maximum absolute atomic E-state index is 12.4. The zero-order valence-electron chi connectivity index (χ0n) is 14.8. The number of hydrogen-bond acceptors (Lipinski definition) is 5. The van der Waals surface area contributed by atoms with E-state index in [0.29, 0.717) is 17.4 Å². The summed E-state index contributed by atoms with van der Waals surface area (Å²) in [5.41, 5.74) is 1.41. The van der Waals surface area contributed by atoms with Crippen molar-refractivity contribution >= 4 is 28.6 Å². The number of aryl methyl sites for hydroxylation is 1. The van der Waals surface area contributed by atoms with Gasteiger partial charge in [0.2, 0.25) is 5.91 Å². The van der Waals surface area contributed by atoms with Crippen molar-refractivity contribution < 1.29 is 4.79 Å². The van der Waals surface area contributed by atoms with E-state index >= 15 is 0 Å². The normalized spacial score (nSPS) is 10.8. The quantitative estimate of drug-likeness (QED) is 0.626. The lowest BCUT2D eigenvalue weighted by Gasteiger charge is -2.17. The van der Waals surface area contributed by atoms with Crippen LogP contribution in [0.2, 0.25) is 0 Å². The minimum atomic E-state index is -0.223. The second-order valence-electron chi connectivity index (χ2n) is 5.98. The van der Waals surface area contributed by atoms with Gasteiger partial charge in [0, 0.05) is 24.9 Å². The molecule has 1 amide bonds. The molecule has 0 bridgehead atoms. The molecule has 0 aliphatic rings. The molecular formula is C19H20N4O2S. The molecule has 0 radical (unpaired) electrons. The highest BCUT2D eigenvalue weighted by molar-refractivity contribution is 7.98. The minimum Gasteiger partial charge on any atom is -0.341 e. The second-order valence-corrected chi connectivity index (χ2v) is 6.86. The summed E-state index contributed by atoms with van der Waals surface area (Å²) in [6, 6.07) is 15.2. The summed E-state index contributed by atoms with van der Waals surface area (Å²) in [6.07, 6.45) is 2.23. The largest absolute Gasteiger partial charge is 0.341 e. The van der Waals surface area contributed by atoms with Crippen LogP contribution in [0.1, 0.15) is 12.0 Å². The Balaban J connectivity index is 1.62. The van der Waals surface area contributed by atoms with Crippen LogP contribution in [-0.2, 0) is 17.9 Å². The summed E-state index contributed by atoms with van der Waals surface area (Å²) < 4.78 is 1.25. The van der Waals surface area contributed by atoms with Crippen LogP contribution in [0.3, 0.4) is 0 Å². The predicted molar refractivity (Wildman–Crippen MR) is 103 cm³/mol. The van der Waals surface area contributed by atoms with E-state index < -0.39 is 0 Å². The van der Waals surface area contributed by atoms with Crippen LogP contribution in [0.5, 0.6) is 0 Å². The van der Waals surface area contributed by atoms with E-state index in [1.165, 1.54) is 9.58 Å². The van der Waals surface area contributed by atoms with Gasteiger partial charge >= 0.3 is 0 Å². The molecule has 0 N–H and O–H groups in total. The van der Waals surface area contributed by atoms with Crippen molar-refractivity contribution in [2.75, 3.05) is 13.3 Å². The Labute approximate surface area is 155 Å². The molecule has 0 spiro atoms. The molecule has 0 aliphatic heterocycles. The standard InChI is InChI=1S/C19H20N4O2S/c1-22(13-14-7-9-15(26-2)10-8-14)18(24)11-12-23-19(25)16-5-3-4-6-17(16)20-21-23/h3-10H,11-13H2,1-2H3. The third kappa shape index (κ3) is 4.11. The second kappa shape index (κ2) is 8.14. The van der Waals surface area contributed by atoms with Gasteiger partial charge < -0.3 is 4.90 Å². The van der Waals surface area contributed by atoms with Gasteiger partial charge in [-0.05, 0) is 36.1 Å². The van der Waals surface area contributed by atoms with Gasteiger partial charge in [-0.1, -0.05) is 29.5 Å². The Morgan fingerprint density at radius 3 is 2.62 bits per heavy atom. The molecule has 0 aliphatic carbocycles. The summed E-state index contributed by atoms with van der Waals surface area (Å²) in [5.74, 6) is -0.0409. The molecule has 0 fully saturated rings. The molecule has 26 heavy (non-hydrogen) atoms. The minimum absolute atomic E-state index is 0.0409.